The molecule has 0 aliphatic heterocycles. The minimum absolute atomic E-state index is 0.0589. The minimum atomic E-state index is -0.537. The van der Waals surface area contributed by atoms with Crippen LogP contribution >= 0.6 is 0 Å². The van der Waals surface area contributed by atoms with Crippen LogP contribution in [0.2, 0.25) is 0 Å². The van der Waals surface area contributed by atoms with Crippen molar-refractivity contribution in [3.05, 3.63) is 59.7 Å². The molecule has 30 heavy (non-hydrogen) atoms. The molecular formula is C22H25N3O5. The average Bonchev–Trinajstić information content (AvgIpc) is 2.78. The van der Waals surface area contributed by atoms with Gasteiger partial charge in [0.1, 0.15) is 6.79 Å². The number of nitrogens with one attached hydrogen (secondary N) is 2. The van der Waals surface area contributed by atoms with Crippen molar-refractivity contribution in [1.82, 2.24) is 10.8 Å². The van der Waals surface area contributed by atoms with Crippen molar-refractivity contribution in [2.24, 2.45) is 5.92 Å². The van der Waals surface area contributed by atoms with Crippen LogP contribution in [0, 0.1) is 17.2 Å². The summed E-state index contributed by atoms with van der Waals surface area (Å²) in [4.78, 5) is 24.3. The molecule has 0 spiro atoms. The van der Waals surface area contributed by atoms with Gasteiger partial charge in [0, 0.05) is 18.6 Å². The van der Waals surface area contributed by atoms with Crippen LogP contribution in [-0.2, 0) is 14.3 Å². The van der Waals surface area contributed by atoms with Gasteiger partial charge in [0.15, 0.2) is 0 Å². The Morgan fingerprint density at radius 3 is 2.53 bits per heavy atom. The molecule has 8 nitrogen and oxygen atoms in total. The lowest BCUT2D eigenvalue weighted by Crippen LogP contribution is -2.41. The van der Waals surface area contributed by atoms with E-state index in [9.17, 15) is 9.59 Å². The first-order valence-corrected chi connectivity index (χ1v) is 9.40. The number of benzene rings is 2. The number of rotatable bonds is 10. The fourth-order valence-electron chi connectivity index (χ4n) is 2.94. The number of methoxy groups -OCH3 is 1. The Kier molecular flexibility index (Phi) is 8.97. The zero-order valence-electron chi connectivity index (χ0n) is 16.9. The molecule has 2 aromatic rings. The molecule has 158 valence electrons. The molecule has 2 amide bonds. The minimum Gasteiger partial charge on any atom is -0.359 e. The molecule has 0 aliphatic carbocycles. The molecule has 2 atom stereocenters. The van der Waals surface area contributed by atoms with E-state index in [4.69, 9.17) is 19.9 Å². The summed E-state index contributed by atoms with van der Waals surface area (Å²) in [6.45, 7) is 1.86. The van der Waals surface area contributed by atoms with Gasteiger partial charge in [-0.25, -0.2) is 5.48 Å². The number of carbonyl (C=O) groups is 2. The quantitative estimate of drug-likeness (QED) is 0.239. The molecule has 0 aliphatic rings. The number of hydroxylamine groups is 1. The summed E-state index contributed by atoms with van der Waals surface area (Å²) >= 11 is 0. The Morgan fingerprint density at radius 2 is 1.90 bits per heavy atom. The predicted molar refractivity (Wildman–Crippen MR) is 109 cm³/mol. The zero-order valence-corrected chi connectivity index (χ0v) is 16.9. The van der Waals surface area contributed by atoms with Gasteiger partial charge in [0.25, 0.3) is 5.91 Å². The highest BCUT2D eigenvalue weighted by Crippen LogP contribution is 2.21. The van der Waals surface area contributed by atoms with Gasteiger partial charge in [-0.05, 0) is 41.8 Å². The van der Waals surface area contributed by atoms with Gasteiger partial charge in [-0.3, -0.25) is 14.8 Å². The Labute approximate surface area is 175 Å². The lowest BCUT2D eigenvalue weighted by atomic mass is 10.00. The topological polar surface area (TPSA) is 121 Å². The molecule has 3 N–H and O–H groups in total. The number of hydrogen-bond acceptors (Lipinski definition) is 6. The van der Waals surface area contributed by atoms with Crippen LogP contribution in [0.1, 0.15) is 29.3 Å². The third kappa shape index (κ3) is 6.67. The van der Waals surface area contributed by atoms with Crippen molar-refractivity contribution in [2.75, 3.05) is 20.5 Å². The highest BCUT2D eigenvalue weighted by Gasteiger charge is 2.21. The Balaban J connectivity index is 2.08. The number of nitrogens with zero attached hydrogens (tertiary/aromatic N) is 1. The van der Waals surface area contributed by atoms with Crippen molar-refractivity contribution >= 4 is 11.8 Å². The molecule has 0 fully saturated rings. The molecule has 0 bridgehead atoms. The maximum absolute atomic E-state index is 12.7. The largest absolute Gasteiger partial charge is 0.359 e. The lowest BCUT2D eigenvalue weighted by molar-refractivity contribution is -0.133. The fourth-order valence-corrected chi connectivity index (χ4v) is 2.94. The summed E-state index contributed by atoms with van der Waals surface area (Å²) in [5, 5.41) is 20.7. The standard InChI is InChI=1S/C22H25N3O5/c1-15(21(26)25-28)10-20(13-30-14-29-2)24-22(27)18-8-6-17(7-9-18)19-5-3-4-16(11-19)12-23/h3-9,11,15,20,28H,10,13-14H2,1-2H3,(H,24,27)(H,25,26). The maximum atomic E-state index is 12.7. The van der Waals surface area contributed by atoms with E-state index in [1.54, 1.807) is 36.7 Å². The van der Waals surface area contributed by atoms with Crippen LogP contribution in [0.25, 0.3) is 11.1 Å². The normalized spacial score (nSPS) is 12.5. The van der Waals surface area contributed by atoms with Crippen LogP contribution < -0.4 is 10.8 Å². The van der Waals surface area contributed by atoms with E-state index < -0.39 is 17.9 Å². The molecular weight excluding hydrogens is 386 g/mol. The predicted octanol–water partition coefficient (Wildman–Crippen LogP) is 2.48. The van der Waals surface area contributed by atoms with Crippen molar-refractivity contribution in [1.29, 1.82) is 5.26 Å². The summed E-state index contributed by atoms with van der Waals surface area (Å²) in [6.07, 6.45) is 0.279. The van der Waals surface area contributed by atoms with Crippen LogP contribution in [-0.4, -0.2) is 43.6 Å². The Hall–Kier alpha value is -3.25. The molecule has 2 aromatic carbocycles. The van der Waals surface area contributed by atoms with Gasteiger partial charge < -0.3 is 14.8 Å². The van der Waals surface area contributed by atoms with Crippen molar-refractivity contribution in [3.63, 3.8) is 0 Å². The number of hydrogen-bond donors (Lipinski definition) is 3. The first-order valence-electron chi connectivity index (χ1n) is 9.40. The third-order valence-electron chi connectivity index (χ3n) is 4.52. The summed E-state index contributed by atoms with van der Waals surface area (Å²) in [5.74, 6) is -1.37. The summed E-state index contributed by atoms with van der Waals surface area (Å²) < 4.78 is 10.2. The molecule has 0 radical (unpaired) electrons. The van der Waals surface area contributed by atoms with Crippen LogP contribution in [0.4, 0.5) is 0 Å². The highest BCUT2D eigenvalue weighted by atomic mass is 16.7. The monoisotopic (exact) mass is 411 g/mol. The van der Waals surface area contributed by atoms with E-state index in [1.807, 2.05) is 24.3 Å². The van der Waals surface area contributed by atoms with Crippen molar-refractivity contribution in [3.8, 4) is 17.2 Å². The second kappa shape index (κ2) is 11.7. The molecule has 2 unspecified atom stereocenters. The lowest BCUT2D eigenvalue weighted by Gasteiger charge is -2.21. The molecule has 0 saturated heterocycles. The SMILES string of the molecule is COCOCC(CC(C)C(=O)NO)NC(=O)c1ccc(-c2cccc(C#N)c2)cc1. The van der Waals surface area contributed by atoms with Gasteiger partial charge >= 0.3 is 0 Å². The number of nitriles is 1. The second-order valence-electron chi connectivity index (χ2n) is 6.83. The molecule has 0 saturated carbocycles. The van der Waals surface area contributed by atoms with Gasteiger partial charge in [0.05, 0.1) is 24.3 Å². The number of ether oxygens (including phenoxy) is 2. The first-order chi connectivity index (χ1) is 14.5. The highest BCUT2D eigenvalue weighted by molar-refractivity contribution is 5.95. The summed E-state index contributed by atoms with van der Waals surface area (Å²) in [5.41, 5.74) is 4.40. The van der Waals surface area contributed by atoms with Crippen LogP contribution in [0.3, 0.4) is 0 Å². The molecule has 0 aromatic heterocycles. The van der Waals surface area contributed by atoms with E-state index in [1.165, 1.54) is 7.11 Å². The maximum Gasteiger partial charge on any atom is 0.251 e. The van der Waals surface area contributed by atoms with Crippen molar-refractivity contribution < 1.29 is 24.3 Å². The van der Waals surface area contributed by atoms with Crippen LogP contribution in [0.15, 0.2) is 48.5 Å². The summed E-state index contributed by atoms with van der Waals surface area (Å²) in [6, 6.07) is 15.9. The van der Waals surface area contributed by atoms with Crippen molar-refractivity contribution in [2.45, 2.75) is 19.4 Å². The fraction of sp³-hybridized carbons (Fsp3) is 0.318. The average molecular weight is 411 g/mol. The van der Waals surface area contributed by atoms with Gasteiger partial charge in [-0.15, -0.1) is 0 Å². The van der Waals surface area contributed by atoms with E-state index in [2.05, 4.69) is 11.4 Å². The molecule has 2 rings (SSSR count). The number of carbonyl (C=O) groups excluding carboxylic acids is 2. The number of amides is 2. The summed E-state index contributed by atoms with van der Waals surface area (Å²) in [7, 11) is 1.49. The zero-order chi connectivity index (χ0) is 21.9. The van der Waals surface area contributed by atoms with E-state index in [-0.39, 0.29) is 25.7 Å². The molecule has 8 heteroatoms. The third-order valence-corrected chi connectivity index (χ3v) is 4.52. The molecule has 0 heterocycles. The second-order valence-corrected chi connectivity index (χ2v) is 6.83. The van der Waals surface area contributed by atoms with Gasteiger partial charge in [-0.2, -0.15) is 5.26 Å². The van der Waals surface area contributed by atoms with Gasteiger partial charge in [0.2, 0.25) is 5.91 Å². The van der Waals surface area contributed by atoms with E-state index >= 15 is 0 Å². The van der Waals surface area contributed by atoms with E-state index in [0.29, 0.717) is 11.1 Å². The van der Waals surface area contributed by atoms with Gasteiger partial charge in [-0.1, -0.05) is 31.2 Å². The van der Waals surface area contributed by atoms with E-state index in [0.717, 1.165) is 11.1 Å². The van der Waals surface area contributed by atoms with Crippen LogP contribution in [0.5, 0.6) is 0 Å². The smallest absolute Gasteiger partial charge is 0.251 e. The first kappa shape index (κ1) is 23.0. The Morgan fingerprint density at radius 1 is 1.17 bits per heavy atom. The Bertz CT molecular complexity index is 892.